The number of nitrogens with zero attached hydrogens (tertiary/aromatic N) is 1. The molecule has 1 aromatic rings. The van der Waals surface area contributed by atoms with Crippen LogP contribution in [0, 0.1) is 6.92 Å². The fourth-order valence-corrected chi connectivity index (χ4v) is 2.80. The van der Waals surface area contributed by atoms with Gasteiger partial charge in [-0.1, -0.05) is 30.9 Å². The van der Waals surface area contributed by atoms with Crippen molar-refractivity contribution in [2.24, 2.45) is 5.73 Å². The van der Waals surface area contributed by atoms with E-state index in [1.807, 2.05) is 6.92 Å². The van der Waals surface area contributed by atoms with Crippen LogP contribution in [-0.4, -0.2) is 16.4 Å². The molecule has 1 aromatic heterocycles. The van der Waals surface area contributed by atoms with Gasteiger partial charge in [0.25, 0.3) is 0 Å². The first-order valence-electron chi connectivity index (χ1n) is 6.70. The highest BCUT2D eigenvalue weighted by atomic mass is 35.5. The first kappa shape index (κ1) is 14.3. The summed E-state index contributed by atoms with van der Waals surface area (Å²) >= 11 is 5.79. The summed E-state index contributed by atoms with van der Waals surface area (Å²) in [5.74, 6) is -0.0448. The summed E-state index contributed by atoms with van der Waals surface area (Å²) in [6, 6.07) is 3.44. The lowest BCUT2D eigenvalue weighted by Crippen LogP contribution is -2.44. The summed E-state index contributed by atoms with van der Waals surface area (Å²) in [7, 11) is 0. The number of aryl methyl sites for hydroxylation is 1. The first-order valence-corrected chi connectivity index (χ1v) is 7.08. The van der Waals surface area contributed by atoms with E-state index in [4.69, 9.17) is 17.3 Å². The van der Waals surface area contributed by atoms with E-state index in [0.29, 0.717) is 17.3 Å². The molecule has 1 aliphatic rings. The van der Waals surface area contributed by atoms with Crippen LogP contribution in [0.5, 0.6) is 0 Å². The Morgan fingerprint density at radius 1 is 1.42 bits per heavy atom. The number of nitrogens with two attached hydrogens (primary N) is 1. The van der Waals surface area contributed by atoms with Crippen LogP contribution in [0.25, 0.3) is 0 Å². The molecule has 1 amide bonds. The van der Waals surface area contributed by atoms with Crippen molar-refractivity contribution in [3.8, 4) is 0 Å². The van der Waals surface area contributed by atoms with Gasteiger partial charge in [-0.25, -0.2) is 4.98 Å². The molecule has 0 spiro atoms. The Bertz CT molecular complexity index is 470. The fourth-order valence-electron chi connectivity index (χ4n) is 2.61. The summed E-state index contributed by atoms with van der Waals surface area (Å²) in [5.41, 5.74) is 7.36. The lowest BCUT2D eigenvalue weighted by atomic mass is 9.80. The lowest BCUT2D eigenvalue weighted by molar-refractivity contribution is -0.117. The standard InChI is InChI=1S/C14H20ClN3O/c1-10-11(5-6-12(15)17-10)18-13(19)9-14(16)7-3-2-4-8-14/h5-6H,2-4,7-9,16H2,1H3,(H,18,19). The van der Waals surface area contributed by atoms with Gasteiger partial charge in [-0.2, -0.15) is 0 Å². The van der Waals surface area contributed by atoms with Crippen molar-refractivity contribution in [2.75, 3.05) is 5.32 Å². The molecule has 1 aliphatic carbocycles. The lowest BCUT2D eigenvalue weighted by Gasteiger charge is -2.32. The predicted molar refractivity (Wildman–Crippen MR) is 77.2 cm³/mol. The molecule has 1 fully saturated rings. The number of pyridine rings is 1. The van der Waals surface area contributed by atoms with Crippen LogP contribution in [0.15, 0.2) is 12.1 Å². The number of carbonyl (C=O) groups is 1. The summed E-state index contributed by atoms with van der Waals surface area (Å²) < 4.78 is 0. The average molecular weight is 282 g/mol. The summed E-state index contributed by atoms with van der Waals surface area (Å²) in [6.45, 7) is 1.82. The van der Waals surface area contributed by atoms with Gasteiger partial charge in [-0.3, -0.25) is 4.79 Å². The molecule has 1 saturated carbocycles. The Morgan fingerprint density at radius 2 is 2.11 bits per heavy atom. The maximum absolute atomic E-state index is 12.1. The van der Waals surface area contributed by atoms with Gasteiger partial charge in [-0.05, 0) is 31.9 Å². The third-order valence-corrected chi connectivity index (χ3v) is 3.90. The Labute approximate surface area is 118 Å². The van der Waals surface area contributed by atoms with Crippen LogP contribution in [0.4, 0.5) is 5.69 Å². The van der Waals surface area contributed by atoms with Crippen molar-refractivity contribution in [1.82, 2.24) is 4.98 Å². The van der Waals surface area contributed by atoms with Crippen molar-refractivity contribution in [3.63, 3.8) is 0 Å². The number of nitrogens with one attached hydrogen (secondary N) is 1. The smallest absolute Gasteiger partial charge is 0.226 e. The maximum Gasteiger partial charge on any atom is 0.226 e. The molecule has 19 heavy (non-hydrogen) atoms. The van der Waals surface area contributed by atoms with Crippen LogP contribution >= 0.6 is 11.6 Å². The molecular formula is C14H20ClN3O. The molecule has 0 saturated heterocycles. The van der Waals surface area contributed by atoms with E-state index in [9.17, 15) is 4.79 Å². The second-order valence-electron chi connectivity index (χ2n) is 5.41. The summed E-state index contributed by atoms with van der Waals surface area (Å²) in [5, 5.41) is 3.30. The molecule has 104 valence electrons. The van der Waals surface area contributed by atoms with Crippen LogP contribution in [-0.2, 0) is 4.79 Å². The van der Waals surface area contributed by atoms with E-state index in [-0.39, 0.29) is 11.4 Å². The van der Waals surface area contributed by atoms with Crippen molar-refractivity contribution < 1.29 is 4.79 Å². The number of carbonyl (C=O) groups excluding carboxylic acids is 1. The monoisotopic (exact) mass is 281 g/mol. The number of amides is 1. The third-order valence-electron chi connectivity index (χ3n) is 3.69. The average Bonchev–Trinajstić information content (AvgIpc) is 2.33. The molecule has 0 bridgehead atoms. The zero-order valence-electron chi connectivity index (χ0n) is 11.2. The van der Waals surface area contributed by atoms with Gasteiger partial charge in [0, 0.05) is 12.0 Å². The van der Waals surface area contributed by atoms with Gasteiger partial charge in [-0.15, -0.1) is 0 Å². The third kappa shape index (κ3) is 3.91. The van der Waals surface area contributed by atoms with Gasteiger partial charge in [0.1, 0.15) is 5.15 Å². The normalized spacial score (nSPS) is 18.1. The van der Waals surface area contributed by atoms with E-state index in [1.165, 1.54) is 6.42 Å². The Kier molecular flexibility index (Phi) is 4.42. The molecule has 0 atom stereocenters. The number of halogens is 1. The van der Waals surface area contributed by atoms with Crippen molar-refractivity contribution in [3.05, 3.63) is 23.0 Å². The molecule has 0 aliphatic heterocycles. The summed E-state index contributed by atoms with van der Waals surface area (Å²) in [4.78, 5) is 16.2. The molecule has 0 radical (unpaired) electrons. The highest BCUT2D eigenvalue weighted by Crippen LogP contribution is 2.29. The van der Waals surface area contributed by atoms with Crippen LogP contribution in [0.2, 0.25) is 5.15 Å². The first-order chi connectivity index (χ1) is 8.98. The van der Waals surface area contributed by atoms with E-state index in [2.05, 4.69) is 10.3 Å². The van der Waals surface area contributed by atoms with Crippen molar-refractivity contribution in [1.29, 1.82) is 0 Å². The topological polar surface area (TPSA) is 68.0 Å². The fraction of sp³-hybridized carbons (Fsp3) is 0.571. The highest BCUT2D eigenvalue weighted by Gasteiger charge is 2.30. The molecule has 4 nitrogen and oxygen atoms in total. The second-order valence-corrected chi connectivity index (χ2v) is 5.80. The minimum Gasteiger partial charge on any atom is -0.325 e. The number of anilines is 1. The SMILES string of the molecule is Cc1nc(Cl)ccc1NC(=O)CC1(N)CCCCC1. The maximum atomic E-state index is 12.1. The Morgan fingerprint density at radius 3 is 2.74 bits per heavy atom. The molecule has 1 heterocycles. The molecule has 0 aromatic carbocycles. The molecule has 5 heteroatoms. The number of rotatable bonds is 3. The largest absolute Gasteiger partial charge is 0.325 e. The van der Waals surface area contributed by atoms with Crippen LogP contribution in [0.1, 0.15) is 44.2 Å². The number of hydrogen-bond acceptors (Lipinski definition) is 3. The molecular weight excluding hydrogens is 262 g/mol. The number of hydrogen-bond donors (Lipinski definition) is 2. The van der Waals surface area contributed by atoms with E-state index >= 15 is 0 Å². The van der Waals surface area contributed by atoms with Gasteiger partial charge < -0.3 is 11.1 Å². The van der Waals surface area contributed by atoms with E-state index < -0.39 is 0 Å². The summed E-state index contributed by atoms with van der Waals surface area (Å²) in [6.07, 6.45) is 5.68. The highest BCUT2D eigenvalue weighted by molar-refractivity contribution is 6.29. The minimum atomic E-state index is -0.337. The minimum absolute atomic E-state index is 0.0448. The second kappa shape index (κ2) is 5.88. The van der Waals surface area contributed by atoms with Crippen molar-refractivity contribution in [2.45, 2.75) is 51.0 Å². The zero-order valence-corrected chi connectivity index (χ0v) is 12.0. The molecule has 0 unspecified atom stereocenters. The Balaban J connectivity index is 1.97. The quantitative estimate of drug-likeness (QED) is 0.837. The number of aromatic nitrogens is 1. The van der Waals surface area contributed by atoms with E-state index in [0.717, 1.165) is 31.4 Å². The molecule has 2 rings (SSSR count). The zero-order chi connectivity index (χ0) is 13.9. The van der Waals surface area contributed by atoms with E-state index in [1.54, 1.807) is 12.1 Å². The van der Waals surface area contributed by atoms with Crippen LogP contribution in [0.3, 0.4) is 0 Å². The molecule has 3 N–H and O–H groups in total. The predicted octanol–water partition coefficient (Wildman–Crippen LogP) is 3.03. The van der Waals surface area contributed by atoms with Gasteiger partial charge in [0.15, 0.2) is 0 Å². The van der Waals surface area contributed by atoms with Gasteiger partial charge >= 0.3 is 0 Å². The van der Waals surface area contributed by atoms with Gasteiger partial charge in [0.05, 0.1) is 11.4 Å². The van der Waals surface area contributed by atoms with Crippen molar-refractivity contribution >= 4 is 23.2 Å². The van der Waals surface area contributed by atoms with Gasteiger partial charge in [0.2, 0.25) is 5.91 Å². The Hall–Kier alpha value is -1.13. The van der Waals surface area contributed by atoms with Crippen LogP contribution < -0.4 is 11.1 Å².